The van der Waals surface area contributed by atoms with Crippen LogP contribution in [0.1, 0.15) is 29.6 Å². The summed E-state index contributed by atoms with van der Waals surface area (Å²) in [5, 5.41) is 9.11. The normalized spacial score (nSPS) is 22.9. The Kier molecular flexibility index (Phi) is 4.07. The first-order valence-electron chi connectivity index (χ1n) is 6.04. The summed E-state index contributed by atoms with van der Waals surface area (Å²) in [6, 6.07) is 7.40. The highest BCUT2D eigenvalue weighted by Crippen LogP contribution is 2.34. The van der Waals surface area contributed by atoms with Gasteiger partial charge in [0.05, 0.1) is 5.92 Å². The molecule has 96 valence electrons. The lowest BCUT2D eigenvalue weighted by atomic mass is 9.88. The van der Waals surface area contributed by atoms with Crippen LogP contribution in [0.15, 0.2) is 29.2 Å². The van der Waals surface area contributed by atoms with Crippen LogP contribution in [-0.2, 0) is 4.79 Å². The molecule has 1 aromatic carbocycles. The molecule has 0 bridgehead atoms. The fourth-order valence-electron chi connectivity index (χ4n) is 2.54. The molecule has 1 aliphatic rings. The van der Waals surface area contributed by atoms with Crippen LogP contribution in [-0.4, -0.2) is 23.1 Å². The monoisotopic (exact) mass is 264 g/mol. The lowest BCUT2D eigenvalue weighted by molar-refractivity contribution is -0.142. The Morgan fingerprint density at radius 3 is 2.33 bits per heavy atom. The highest BCUT2D eigenvalue weighted by atomic mass is 32.2. The molecule has 4 heteroatoms. The minimum absolute atomic E-state index is 0.0208. The predicted molar refractivity (Wildman–Crippen MR) is 71.0 cm³/mol. The van der Waals surface area contributed by atoms with E-state index in [9.17, 15) is 9.59 Å². The van der Waals surface area contributed by atoms with Gasteiger partial charge in [-0.2, -0.15) is 0 Å². The smallest absolute Gasteiger partial charge is 0.307 e. The summed E-state index contributed by atoms with van der Waals surface area (Å²) in [6.45, 7) is 0. The van der Waals surface area contributed by atoms with Crippen molar-refractivity contribution in [3.8, 4) is 0 Å². The Morgan fingerprint density at radius 2 is 1.78 bits per heavy atom. The SMILES string of the molecule is CSc1ccc(C(=O)C2CCCC2C(=O)O)cc1. The first-order valence-corrected chi connectivity index (χ1v) is 7.27. The van der Waals surface area contributed by atoms with Gasteiger partial charge in [-0.05, 0) is 31.2 Å². The average molecular weight is 264 g/mol. The number of carbonyl (C=O) groups excluding carboxylic acids is 1. The third-order valence-electron chi connectivity index (χ3n) is 3.54. The number of hydrogen-bond acceptors (Lipinski definition) is 3. The van der Waals surface area contributed by atoms with Crippen molar-refractivity contribution in [3.05, 3.63) is 29.8 Å². The van der Waals surface area contributed by atoms with Crippen LogP contribution in [0, 0.1) is 11.8 Å². The summed E-state index contributed by atoms with van der Waals surface area (Å²) < 4.78 is 0. The van der Waals surface area contributed by atoms with Crippen molar-refractivity contribution in [2.45, 2.75) is 24.2 Å². The lowest BCUT2D eigenvalue weighted by Gasteiger charge is -2.14. The Balaban J connectivity index is 2.17. The van der Waals surface area contributed by atoms with Crippen LogP contribution in [0.25, 0.3) is 0 Å². The van der Waals surface area contributed by atoms with E-state index in [1.54, 1.807) is 23.9 Å². The van der Waals surface area contributed by atoms with Gasteiger partial charge in [-0.25, -0.2) is 0 Å². The summed E-state index contributed by atoms with van der Waals surface area (Å²) in [6.07, 6.45) is 4.12. The van der Waals surface area contributed by atoms with Crippen molar-refractivity contribution in [2.75, 3.05) is 6.26 Å². The Bertz CT molecular complexity index is 453. The zero-order valence-corrected chi connectivity index (χ0v) is 11.1. The minimum atomic E-state index is -0.841. The summed E-state index contributed by atoms with van der Waals surface area (Å²) in [5.41, 5.74) is 0.631. The maximum Gasteiger partial charge on any atom is 0.307 e. The van der Waals surface area contributed by atoms with E-state index in [0.29, 0.717) is 18.4 Å². The molecule has 0 aliphatic heterocycles. The van der Waals surface area contributed by atoms with Crippen molar-refractivity contribution < 1.29 is 14.7 Å². The summed E-state index contributed by atoms with van der Waals surface area (Å²) in [4.78, 5) is 24.5. The van der Waals surface area contributed by atoms with Gasteiger partial charge in [0.1, 0.15) is 0 Å². The number of aliphatic carboxylic acids is 1. The molecular formula is C14H16O3S. The third-order valence-corrected chi connectivity index (χ3v) is 4.29. The molecule has 0 aromatic heterocycles. The average Bonchev–Trinajstić information content (AvgIpc) is 2.87. The van der Waals surface area contributed by atoms with Crippen LogP contribution < -0.4 is 0 Å². The fourth-order valence-corrected chi connectivity index (χ4v) is 2.95. The van der Waals surface area contributed by atoms with Crippen molar-refractivity contribution in [1.29, 1.82) is 0 Å². The van der Waals surface area contributed by atoms with Gasteiger partial charge in [0.2, 0.25) is 0 Å². The van der Waals surface area contributed by atoms with Crippen molar-refractivity contribution in [2.24, 2.45) is 11.8 Å². The van der Waals surface area contributed by atoms with E-state index in [1.165, 1.54) is 0 Å². The number of carboxylic acids is 1. The molecule has 3 nitrogen and oxygen atoms in total. The van der Waals surface area contributed by atoms with E-state index in [2.05, 4.69) is 0 Å². The molecule has 1 fully saturated rings. The third kappa shape index (κ3) is 2.58. The number of hydrogen-bond donors (Lipinski definition) is 1. The van der Waals surface area contributed by atoms with Gasteiger partial charge in [-0.15, -0.1) is 11.8 Å². The van der Waals surface area contributed by atoms with Crippen molar-refractivity contribution in [1.82, 2.24) is 0 Å². The molecule has 1 aromatic rings. The molecule has 2 unspecified atom stereocenters. The van der Waals surface area contributed by atoms with Gasteiger partial charge in [0.15, 0.2) is 5.78 Å². The summed E-state index contributed by atoms with van der Waals surface area (Å²) in [7, 11) is 0. The van der Waals surface area contributed by atoms with Gasteiger partial charge in [-0.3, -0.25) is 9.59 Å². The molecular weight excluding hydrogens is 248 g/mol. The topological polar surface area (TPSA) is 54.4 Å². The molecule has 1 saturated carbocycles. The highest BCUT2D eigenvalue weighted by molar-refractivity contribution is 7.98. The van der Waals surface area contributed by atoms with Gasteiger partial charge in [0.25, 0.3) is 0 Å². The molecule has 18 heavy (non-hydrogen) atoms. The molecule has 2 atom stereocenters. The number of carboxylic acid groups (broad SMARTS) is 1. The molecule has 1 N–H and O–H groups in total. The van der Waals surface area contributed by atoms with E-state index < -0.39 is 11.9 Å². The van der Waals surface area contributed by atoms with Crippen molar-refractivity contribution in [3.63, 3.8) is 0 Å². The van der Waals surface area contributed by atoms with E-state index in [-0.39, 0.29) is 11.7 Å². The zero-order chi connectivity index (χ0) is 13.1. The Morgan fingerprint density at radius 1 is 1.17 bits per heavy atom. The quantitative estimate of drug-likeness (QED) is 0.670. The maximum atomic E-state index is 12.3. The van der Waals surface area contributed by atoms with E-state index in [1.807, 2.05) is 18.4 Å². The standard InChI is InChI=1S/C14H16O3S/c1-18-10-7-5-9(6-8-10)13(15)11-3-2-4-12(11)14(16)17/h5-8,11-12H,2-4H2,1H3,(H,16,17). The van der Waals surface area contributed by atoms with E-state index in [4.69, 9.17) is 5.11 Å². The first-order chi connectivity index (χ1) is 8.63. The number of carbonyl (C=O) groups is 2. The Labute approximate surface area is 111 Å². The fraction of sp³-hybridized carbons (Fsp3) is 0.429. The molecule has 1 aliphatic carbocycles. The molecule has 0 saturated heterocycles. The second-order valence-corrected chi connectivity index (χ2v) is 5.45. The van der Waals surface area contributed by atoms with E-state index in [0.717, 1.165) is 11.3 Å². The van der Waals surface area contributed by atoms with E-state index >= 15 is 0 Å². The number of benzene rings is 1. The van der Waals surface area contributed by atoms with Gasteiger partial charge in [0, 0.05) is 16.4 Å². The molecule has 0 amide bonds. The second kappa shape index (κ2) is 5.57. The molecule has 0 spiro atoms. The van der Waals surface area contributed by atoms with Gasteiger partial charge < -0.3 is 5.11 Å². The van der Waals surface area contributed by atoms with Crippen LogP contribution >= 0.6 is 11.8 Å². The Hall–Kier alpha value is -1.29. The molecule has 0 radical (unpaired) electrons. The largest absolute Gasteiger partial charge is 0.481 e. The molecule has 2 rings (SSSR count). The summed E-state index contributed by atoms with van der Waals surface area (Å²) >= 11 is 1.62. The predicted octanol–water partition coefficient (Wildman–Crippen LogP) is 3.09. The minimum Gasteiger partial charge on any atom is -0.481 e. The number of Topliss-reactive ketones (excluding diaryl/α,β-unsaturated/α-hetero) is 1. The number of rotatable bonds is 4. The lowest BCUT2D eigenvalue weighted by Crippen LogP contribution is -2.25. The van der Waals surface area contributed by atoms with Crippen LogP contribution in [0.4, 0.5) is 0 Å². The van der Waals surface area contributed by atoms with Crippen LogP contribution in [0.5, 0.6) is 0 Å². The van der Waals surface area contributed by atoms with Crippen molar-refractivity contribution >= 4 is 23.5 Å². The van der Waals surface area contributed by atoms with Crippen LogP contribution in [0.2, 0.25) is 0 Å². The first kappa shape index (κ1) is 13.1. The zero-order valence-electron chi connectivity index (χ0n) is 10.3. The molecule has 0 heterocycles. The van der Waals surface area contributed by atoms with Crippen LogP contribution in [0.3, 0.4) is 0 Å². The summed E-state index contributed by atoms with van der Waals surface area (Å²) in [5.74, 6) is -1.71. The number of ketones is 1. The number of thioether (sulfide) groups is 1. The maximum absolute atomic E-state index is 12.3. The van der Waals surface area contributed by atoms with Gasteiger partial charge in [-0.1, -0.05) is 18.6 Å². The van der Waals surface area contributed by atoms with Gasteiger partial charge >= 0.3 is 5.97 Å². The second-order valence-electron chi connectivity index (χ2n) is 4.57. The highest BCUT2D eigenvalue weighted by Gasteiger charge is 2.37.